The summed E-state index contributed by atoms with van der Waals surface area (Å²) in [5.41, 5.74) is 2.12. The summed E-state index contributed by atoms with van der Waals surface area (Å²) in [7, 11) is 0.0505. The van der Waals surface area contributed by atoms with Gasteiger partial charge in [-0.15, -0.1) is 0 Å². The minimum absolute atomic E-state index is 0.314. The summed E-state index contributed by atoms with van der Waals surface area (Å²) in [6.07, 6.45) is 0. The van der Waals surface area contributed by atoms with Crippen molar-refractivity contribution in [3.63, 3.8) is 0 Å². The second-order valence-corrected chi connectivity index (χ2v) is 3.49. The van der Waals surface area contributed by atoms with Crippen LogP contribution in [0.5, 0.6) is 0 Å². The maximum atomic E-state index is 11.2. The molecule has 0 aliphatic heterocycles. The van der Waals surface area contributed by atoms with Crippen LogP contribution in [-0.2, 0) is 7.05 Å². The number of benzene rings is 1. The molecule has 0 saturated carbocycles. The lowest BCUT2D eigenvalue weighted by Gasteiger charge is -2.02. The summed E-state index contributed by atoms with van der Waals surface area (Å²) in [5, 5.41) is 18.0. The number of aryl methyl sites for hydroxylation is 2. The molecule has 1 aromatic carbocycles. The summed E-state index contributed by atoms with van der Waals surface area (Å²) < 4.78 is 6.34. The standard InChI is InChI=1S/C9H10BNO4/c1-5-3-6(10(13)14)4-7-8(5)11(2)9(12)15-7/h3-4,13-14H,1-2H3. The van der Waals surface area contributed by atoms with Gasteiger partial charge in [0.25, 0.3) is 0 Å². The lowest BCUT2D eigenvalue weighted by molar-refractivity contribution is 0.425. The number of hydrogen-bond acceptors (Lipinski definition) is 4. The van der Waals surface area contributed by atoms with Crippen molar-refractivity contribution in [1.82, 2.24) is 4.57 Å². The first-order valence-electron chi connectivity index (χ1n) is 4.47. The SMILES string of the molecule is Cc1cc(B(O)O)cc2oc(=O)n(C)c12. The molecule has 0 unspecified atom stereocenters. The molecule has 0 amide bonds. The molecule has 1 heterocycles. The Balaban J connectivity index is 2.84. The topological polar surface area (TPSA) is 75.6 Å². The average molecular weight is 207 g/mol. The molecule has 2 rings (SSSR count). The van der Waals surface area contributed by atoms with Gasteiger partial charge in [0.05, 0.1) is 5.52 Å². The van der Waals surface area contributed by atoms with Crippen molar-refractivity contribution in [2.24, 2.45) is 7.05 Å². The normalized spacial score (nSPS) is 10.9. The third kappa shape index (κ3) is 1.47. The predicted molar refractivity (Wildman–Crippen MR) is 56.0 cm³/mol. The molecule has 0 bridgehead atoms. The van der Waals surface area contributed by atoms with E-state index in [1.54, 1.807) is 20.0 Å². The fourth-order valence-corrected chi connectivity index (χ4v) is 1.68. The van der Waals surface area contributed by atoms with Gasteiger partial charge in [0, 0.05) is 7.05 Å². The zero-order chi connectivity index (χ0) is 11.2. The van der Waals surface area contributed by atoms with Gasteiger partial charge in [0.15, 0.2) is 5.58 Å². The van der Waals surface area contributed by atoms with Crippen LogP contribution >= 0.6 is 0 Å². The Morgan fingerprint density at radius 1 is 1.40 bits per heavy atom. The third-order valence-corrected chi connectivity index (χ3v) is 2.39. The van der Waals surface area contributed by atoms with E-state index in [1.807, 2.05) is 0 Å². The largest absolute Gasteiger partial charge is 0.488 e. The number of fused-ring (bicyclic) bond motifs is 1. The highest BCUT2D eigenvalue weighted by molar-refractivity contribution is 6.58. The Bertz CT molecular complexity index is 569. The Morgan fingerprint density at radius 3 is 2.67 bits per heavy atom. The smallest absolute Gasteiger partial charge is 0.423 e. The lowest BCUT2D eigenvalue weighted by atomic mass is 9.79. The number of nitrogens with zero attached hydrogens (tertiary/aromatic N) is 1. The minimum atomic E-state index is -1.56. The van der Waals surface area contributed by atoms with Crippen molar-refractivity contribution >= 4 is 23.7 Å². The van der Waals surface area contributed by atoms with E-state index in [4.69, 9.17) is 14.5 Å². The van der Waals surface area contributed by atoms with Gasteiger partial charge in [0.1, 0.15) is 0 Å². The number of aromatic nitrogens is 1. The molecule has 78 valence electrons. The molecule has 0 atom stereocenters. The van der Waals surface area contributed by atoms with Crippen molar-refractivity contribution < 1.29 is 14.5 Å². The first kappa shape index (κ1) is 10.0. The van der Waals surface area contributed by atoms with E-state index in [1.165, 1.54) is 10.6 Å². The Hall–Kier alpha value is -1.53. The van der Waals surface area contributed by atoms with E-state index in [0.29, 0.717) is 16.6 Å². The van der Waals surface area contributed by atoms with Gasteiger partial charge in [-0.05, 0) is 24.0 Å². The van der Waals surface area contributed by atoms with E-state index in [2.05, 4.69) is 0 Å². The van der Waals surface area contributed by atoms with Crippen molar-refractivity contribution in [3.05, 3.63) is 28.2 Å². The Labute approximate surface area is 85.7 Å². The molecule has 0 saturated heterocycles. The fourth-order valence-electron chi connectivity index (χ4n) is 1.68. The molecule has 0 fully saturated rings. The van der Waals surface area contributed by atoms with E-state index >= 15 is 0 Å². The molecule has 5 nitrogen and oxygen atoms in total. The van der Waals surface area contributed by atoms with E-state index in [0.717, 1.165) is 5.56 Å². The van der Waals surface area contributed by atoms with E-state index in [-0.39, 0.29) is 0 Å². The lowest BCUT2D eigenvalue weighted by Crippen LogP contribution is -2.29. The summed E-state index contributed by atoms with van der Waals surface area (Å²) >= 11 is 0. The van der Waals surface area contributed by atoms with Gasteiger partial charge in [-0.2, -0.15) is 0 Å². The molecular weight excluding hydrogens is 197 g/mol. The highest BCUT2D eigenvalue weighted by Crippen LogP contribution is 2.14. The average Bonchev–Trinajstić information content (AvgIpc) is 2.42. The first-order valence-corrected chi connectivity index (χ1v) is 4.47. The van der Waals surface area contributed by atoms with Gasteiger partial charge >= 0.3 is 12.9 Å². The molecule has 2 aromatic rings. The number of oxazole rings is 1. The zero-order valence-corrected chi connectivity index (χ0v) is 8.39. The second-order valence-electron chi connectivity index (χ2n) is 3.49. The highest BCUT2D eigenvalue weighted by atomic mass is 16.4. The summed E-state index contributed by atoms with van der Waals surface area (Å²) in [4.78, 5) is 11.2. The van der Waals surface area contributed by atoms with Crippen molar-refractivity contribution in [1.29, 1.82) is 0 Å². The van der Waals surface area contributed by atoms with Crippen LogP contribution in [0.1, 0.15) is 5.56 Å². The summed E-state index contributed by atoms with van der Waals surface area (Å²) in [6.45, 7) is 1.78. The molecule has 0 spiro atoms. The first-order chi connectivity index (χ1) is 7.00. The molecular formula is C9H10BNO4. The molecule has 0 aliphatic carbocycles. The molecule has 0 radical (unpaired) electrons. The molecule has 1 aromatic heterocycles. The molecule has 0 aliphatic rings. The molecule has 6 heteroatoms. The maximum absolute atomic E-state index is 11.2. The van der Waals surface area contributed by atoms with E-state index < -0.39 is 12.9 Å². The van der Waals surface area contributed by atoms with Crippen LogP contribution < -0.4 is 11.2 Å². The number of hydrogen-bond donors (Lipinski definition) is 2. The fraction of sp³-hybridized carbons (Fsp3) is 0.222. The predicted octanol–water partition coefficient (Wildman–Crippen LogP) is -0.880. The Kier molecular flexibility index (Phi) is 2.17. The van der Waals surface area contributed by atoms with Crippen LogP contribution in [0, 0.1) is 6.92 Å². The second kappa shape index (κ2) is 3.25. The van der Waals surface area contributed by atoms with Crippen LogP contribution in [0.2, 0.25) is 0 Å². The van der Waals surface area contributed by atoms with Crippen LogP contribution in [-0.4, -0.2) is 21.7 Å². The zero-order valence-electron chi connectivity index (χ0n) is 8.39. The quantitative estimate of drug-likeness (QED) is 0.595. The maximum Gasteiger partial charge on any atom is 0.488 e. The van der Waals surface area contributed by atoms with Crippen molar-refractivity contribution in [2.75, 3.05) is 0 Å². The van der Waals surface area contributed by atoms with Crippen LogP contribution in [0.4, 0.5) is 0 Å². The van der Waals surface area contributed by atoms with Gasteiger partial charge < -0.3 is 14.5 Å². The Morgan fingerprint density at radius 2 is 2.07 bits per heavy atom. The third-order valence-electron chi connectivity index (χ3n) is 2.39. The summed E-state index contributed by atoms with van der Waals surface area (Å²) in [5.74, 6) is -0.460. The minimum Gasteiger partial charge on any atom is -0.423 e. The van der Waals surface area contributed by atoms with Crippen LogP contribution in [0.25, 0.3) is 11.1 Å². The van der Waals surface area contributed by atoms with Crippen LogP contribution in [0.15, 0.2) is 21.3 Å². The monoisotopic (exact) mass is 207 g/mol. The summed E-state index contributed by atoms with van der Waals surface area (Å²) in [6, 6.07) is 3.07. The van der Waals surface area contributed by atoms with Crippen molar-refractivity contribution in [3.8, 4) is 0 Å². The highest BCUT2D eigenvalue weighted by Gasteiger charge is 2.16. The van der Waals surface area contributed by atoms with E-state index in [9.17, 15) is 4.79 Å². The molecule has 2 N–H and O–H groups in total. The number of rotatable bonds is 1. The van der Waals surface area contributed by atoms with Gasteiger partial charge in [-0.1, -0.05) is 6.07 Å². The van der Waals surface area contributed by atoms with Crippen molar-refractivity contribution in [2.45, 2.75) is 6.92 Å². The van der Waals surface area contributed by atoms with Gasteiger partial charge in [-0.25, -0.2) is 4.79 Å². The van der Waals surface area contributed by atoms with Crippen LogP contribution in [0.3, 0.4) is 0 Å². The van der Waals surface area contributed by atoms with Gasteiger partial charge in [-0.3, -0.25) is 4.57 Å². The van der Waals surface area contributed by atoms with Gasteiger partial charge in [0.2, 0.25) is 0 Å². The molecule has 15 heavy (non-hydrogen) atoms.